The second kappa shape index (κ2) is 3.86. The van der Waals surface area contributed by atoms with Crippen LogP contribution < -0.4 is 5.73 Å². The van der Waals surface area contributed by atoms with Crippen molar-refractivity contribution in [1.29, 1.82) is 0 Å². The molecule has 5 nitrogen and oxygen atoms in total. The summed E-state index contributed by atoms with van der Waals surface area (Å²) in [6.07, 6.45) is 0. The standard InChI is InChI=1S/C10H7ClN2O3/c11-6-3-1-2-5(4-6)9-7(12)8(10(14)15)13-16-9/h1-4H,12H2,(H,14,15). The molecule has 0 aliphatic heterocycles. The van der Waals surface area contributed by atoms with Crippen molar-refractivity contribution in [2.45, 2.75) is 0 Å². The Balaban J connectivity index is 2.53. The van der Waals surface area contributed by atoms with Gasteiger partial charge in [0.05, 0.1) is 0 Å². The van der Waals surface area contributed by atoms with Gasteiger partial charge in [0.15, 0.2) is 5.76 Å². The van der Waals surface area contributed by atoms with Gasteiger partial charge < -0.3 is 15.4 Å². The van der Waals surface area contributed by atoms with E-state index in [-0.39, 0.29) is 17.1 Å². The molecule has 16 heavy (non-hydrogen) atoms. The number of halogens is 1. The zero-order valence-corrected chi connectivity index (χ0v) is 8.73. The van der Waals surface area contributed by atoms with E-state index in [0.29, 0.717) is 10.6 Å². The third kappa shape index (κ3) is 1.72. The van der Waals surface area contributed by atoms with E-state index in [1.165, 1.54) is 0 Å². The number of carboxylic acids is 1. The van der Waals surface area contributed by atoms with Crippen molar-refractivity contribution in [3.8, 4) is 11.3 Å². The predicted octanol–water partition coefficient (Wildman–Crippen LogP) is 2.28. The second-order valence-electron chi connectivity index (χ2n) is 3.09. The molecule has 0 amide bonds. The number of anilines is 1. The first-order valence-corrected chi connectivity index (χ1v) is 4.72. The molecule has 0 saturated carbocycles. The Bertz CT molecular complexity index is 551. The van der Waals surface area contributed by atoms with Crippen molar-refractivity contribution < 1.29 is 14.4 Å². The van der Waals surface area contributed by atoms with Gasteiger partial charge in [-0.3, -0.25) is 0 Å². The van der Waals surface area contributed by atoms with E-state index in [2.05, 4.69) is 5.16 Å². The van der Waals surface area contributed by atoms with Crippen molar-refractivity contribution in [3.05, 3.63) is 35.0 Å². The Morgan fingerprint density at radius 3 is 2.81 bits per heavy atom. The molecule has 0 aliphatic rings. The normalized spacial score (nSPS) is 10.3. The van der Waals surface area contributed by atoms with Gasteiger partial charge in [0.25, 0.3) is 0 Å². The third-order valence-corrected chi connectivity index (χ3v) is 2.25. The number of carbonyl (C=O) groups is 1. The van der Waals surface area contributed by atoms with Gasteiger partial charge >= 0.3 is 5.97 Å². The Hall–Kier alpha value is -2.01. The van der Waals surface area contributed by atoms with Crippen LogP contribution in [0.5, 0.6) is 0 Å². The molecule has 6 heteroatoms. The van der Waals surface area contributed by atoms with Crippen molar-refractivity contribution in [3.63, 3.8) is 0 Å². The Morgan fingerprint density at radius 1 is 1.50 bits per heavy atom. The number of benzene rings is 1. The van der Waals surface area contributed by atoms with Gasteiger partial charge in [-0.15, -0.1) is 0 Å². The number of hydrogen-bond acceptors (Lipinski definition) is 4. The lowest BCUT2D eigenvalue weighted by Crippen LogP contribution is -2.01. The molecular weight excluding hydrogens is 232 g/mol. The third-order valence-electron chi connectivity index (χ3n) is 2.02. The van der Waals surface area contributed by atoms with E-state index >= 15 is 0 Å². The van der Waals surface area contributed by atoms with Gasteiger partial charge in [-0.25, -0.2) is 4.79 Å². The molecule has 82 valence electrons. The number of aromatic nitrogens is 1. The van der Waals surface area contributed by atoms with Crippen LogP contribution in [0.4, 0.5) is 5.69 Å². The number of hydrogen-bond donors (Lipinski definition) is 2. The molecule has 1 aromatic carbocycles. The maximum atomic E-state index is 10.7. The van der Waals surface area contributed by atoms with Crippen molar-refractivity contribution in [2.75, 3.05) is 5.73 Å². The first-order valence-electron chi connectivity index (χ1n) is 4.34. The maximum Gasteiger partial charge on any atom is 0.360 e. The average molecular weight is 239 g/mol. The first-order chi connectivity index (χ1) is 7.59. The van der Waals surface area contributed by atoms with Crippen LogP contribution in [0.25, 0.3) is 11.3 Å². The van der Waals surface area contributed by atoms with Crippen LogP contribution in [-0.4, -0.2) is 16.2 Å². The smallest absolute Gasteiger partial charge is 0.360 e. The Labute approximate surface area is 95.4 Å². The number of aromatic carboxylic acids is 1. The fourth-order valence-electron chi connectivity index (χ4n) is 1.29. The van der Waals surface area contributed by atoms with E-state index in [1.807, 2.05) is 0 Å². The maximum absolute atomic E-state index is 10.7. The van der Waals surface area contributed by atoms with Gasteiger partial charge in [0, 0.05) is 10.6 Å². The van der Waals surface area contributed by atoms with Crippen LogP contribution in [-0.2, 0) is 0 Å². The lowest BCUT2D eigenvalue weighted by atomic mass is 10.1. The SMILES string of the molecule is Nc1c(C(=O)O)noc1-c1cccc(Cl)c1. The predicted molar refractivity (Wildman–Crippen MR) is 58.3 cm³/mol. The zero-order valence-electron chi connectivity index (χ0n) is 7.98. The van der Waals surface area contributed by atoms with E-state index < -0.39 is 5.97 Å². The summed E-state index contributed by atoms with van der Waals surface area (Å²) in [5.41, 5.74) is 5.89. The van der Waals surface area contributed by atoms with Gasteiger partial charge in [0.1, 0.15) is 5.69 Å². The molecule has 0 atom stereocenters. The summed E-state index contributed by atoms with van der Waals surface area (Å²) < 4.78 is 4.88. The van der Waals surface area contributed by atoms with E-state index in [9.17, 15) is 4.79 Å². The topological polar surface area (TPSA) is 89.4 Å². The zero-order chi connectivity index (χ0) is 11.7. The van der Waals surface area contributed by atoms with Crippen LogP contribution >= 0.6 is 11.6 Å². The average Bonchev–Trinajstić information content (AvgIpc) is 2.60. The minimum Gasteiger partial charge on any atom is -0.476 e. The van der Waals surface area contributed by atoms with Crippen molar-refractivity contribution in [2.24, 2.45) is 0 Å². The second-order valence-corrected chi connectivity index (χ2v) is 3.53. The van der Waals surface area contributed by atoms with Crippen LogP contribution in [0, 0.1) is 0 Å². The van der Waals surface area contributed by atoms with Crippen molar-refractivity contribution in [1.82, 2.24) is 5.16 Å². The van der Waals surface area contributed by atoms with Crippen molar-refractivity contribution >= 4 is 23.3 Å². The molecular formula is C10H7ClN2O3. The van der Waals surface area contributed by atoms with E-state index in [1.54, 1.807) is 24.3 Å². The summed E-state index contributed by atoms with van der Waals surface area (Å²) in [6, 6.07) is 6.72. The van der Waals surface area contributed by atoms with Gasteiger partial charge in [0.2, 0.25) is 5.69 Å². The highest BCUT2D eigenvalue weighted by Gasteiger charge is 2.19. The Morgan fingerprint density at radius 2 is 2.25 bits per heavy atom. The van der Waals surface area contributed by atoms with Gasteiger partial charge in [-0.2, -0.15) is 0 Å². The molecule has 3 N–H and O–H groups in total. The summed E-state index contributed by atoms with van der Waals surface area (Å²) in [7, 11) is 0. The summed E-state index contributed by atoms with van der Waals surface area (Å²) in [4.78, 5) is 10.7. The number of nitrogens with zero attached hydrogens (tertiary/aromatic N) is 1. The molecule has 0 unspecified atom stereocenters. The molecule has 2 aromatic rings. The molecule has 0 fully saturated rings. The van der Waals surface area contributed by atoms with Crippen LogP contribution in [0.3, 0.4) is 0 Å². The molecule has 1 aromatic heterocycles. The van der Waals surface area contributed by atoms with E-state index in [0.717, 1.165) is 0 Å². The minimum atomic E-state index is -1.23. The van der Waals surface area contributed by atoms with Gasteiger partial charge in [-0.05, 0) is 12.1 Å². The van der Waals surface area contributed by atoms with Crippen LogP contribution in [0.1, 0.15) is 10.5 Å². The highest BCUT2D eigenvalue weighted by molar-refractivity contribution is 6.30. The number of nitrogens with two attached hydrogens (primary N) is 1. The fraction of sp³-hybridized carbons (Fsp3) is 0. The molecule has 0 saturated heterocycles. The largest absolute Gasteiger partial charge is 0.476 e. The monoisotopic (exact) mass is 238 g/mol. The molecule has 2 rings (SSSR count). The molecule has 1 heterocycles. The summed E-state index contributed by atoms with van der Waals surface area (Å²) in [6.45, 7) is 0. The molecule has 0 aliphatic carbocycles. The quantitative estimate of drug-likeness (QED) is 0.838. The molecule has 0 bridgehead atoms. The molecule has 0 spiro atoms. The fourth-order valence-corrected chi connectivity index (χ4v) is 1.48. The summed E-state index contributed by atoms with van der Waals surface area (Å²) >= 11 is 5.80. The number of rotatable bonds is 2. The van der Waals surface area contributed by atoms with Gasteiger partial charge in [-0.1, -0.05) is 28.9 Å². The Kier molecular flexibility index (Phi) is 2.54. The highest BCUT2D eigenvalue weighted by Crippen LogP contribution is 2.29. The van der Waals surface area contributed by atoms with Crippen LogP contribution in [0.2, 0.25) is 5.02 Å². The highest BCUT2D eigenvalue weighted by atomic mass is 35.5. The van der Waals surface area contributed by atoms with Crippen LogP contribution in [0.15, 0.2) is 28.8 Å². The van der Waals surface area contributed by atoms with E-state index in [4.69, 9.17) is 27.0 Å². The molecule has 0 radical (unpaired) electrons. The minimum absolute atomic E-state index is 0.00485. The summed E-state index contributed by atoms with van der Waals surface area (Å²) in [5, 5.41) is 12.6. The number of carboxylic acid groups (broad SMARTS) is 1. The summed E-state index contributed by atoms with van der Waals surface area (Å²) in [5.74, 6) is -1.02. The number of nitrogen functional groups attached to an aromatic ring is 1. The lowest BCUT2D eigenvalue weighted by molar-refractivity contribution is 0.0687. The first kappa shape index (κ1) is 10.5. The lowest BCUT2D eigenvalue weighted by Gasteiger charge is -1.97.